The van der Waals surface area contributed by atoms with Gasteiger partial charge < -0.3 is 12.9 Å². The fraction of sp³-hybridized carbons (Fsp3) is 0. The molecule has 0 aromatic heterocycles. The van der Waals surface area contributed by atoms with Gasteiger partial charge in [-0.15, -0.1) is 0 Å². The van der Waals surface area contributed by atoms with Crippen LogP contribution in [0.2, 0.25) is 0 Å². The minimum Gasteiger partial charge on any atom is -1.00 e. The van der Waals surface area contributed by atoms with Gasteiger partial charge in [-0.1, -0.05) is 0 Å². The van der Waals surface area contributed by atoms with E-state index in [0.717, 1.165) is 0 Å². The van der Waals surface area contributed by atoms with Crippen molar-refractivity contribution in [3.8, 4) is 0 Å². The molecule has 0 rings (SSSR count). The van der Waals surface area contributed by atoms with E-state index in [0.29, 0.717) is 0 Å². The van der Waals surface area contributed by atoms with Crippen LogP contribution in [-0.4, -0.2) is 6.03 Å². The summed E-state index contributed by atoms with van der Waals surface area (Å²) in [4.78, 5) is 9.00. The zero-order valence-electron chi connectivity index (χ0n) is 4.77. The van der Waals surface area contributed by atoms with Gasteiger partial charge >= 0.3 is 57.4 Å². The Morgan fingerprint density at radius 1 is 1.50 bits per heavy atom. The van der Waals surface area contributed by atoms with Crippen LogP contribution in [0.25, 0.3) is 0 Å². The van der Waals surface area contributed by atoms with Crippen molar-refractivity contribution in [3.63, 3.8) is 0 Å². The molecule has 0 saturated heterocycles. The van der Waals surface area contributed by atoms with E-state index in [1.54, 1.807) is 0 Å². The molecule has 0 saturated carbocycles. The molecule has 0 bridgehead atoms. The zero-order chi connectivity index (χ0) is 3.58. The SMILES string of the molecule is NC(N)=O.[H-].[K+].[Zn]. The van der Waals surface area contributed by atoms with E-state index < -0.39 is 6.03 Å². The first-order valence-corrected chi connectivity index (χ1v) is 0.781. The maximum Gasteiger partial charge on any atom is 1.00 e. The second kappa shape index (κ2) is 9.73. The van der Waals surface area contributed by atoms with Crippen LogP contribution < -0.4 is 62.9 Å². The molecule has 3 nitrogen and oxygen atoms in total. The third-order valence-corrected chi connectivity index (χ3v) is 0. The summed E-state index contributed by atoms with van der Waals surface area (Å²) in [6, 6.07) is -0.833. The second-order valence-corrected chi connectivity index (χ2v) is 0.402. The molecule has 0 heterocycles. The Kier molecular flexibility index (Phi) is 25.4. The van der Waals surface area contributed by atoms with Gasteiger partial charge in [0.1, 0.15) is 0 Å². The first kappa shape index (κ1) is 15.6. The largest absolute Gasteiger partial charge is 1.00 e. The summed E-state index contributed by atoms with van der Waals surface area (Å²) in [5.41, 5.74) is 8.50. The number of amides is 2. The van der Waals surface area contributed by atoms with Crippen molar-refractivity contribution in [1.29, 1.82) is 0 Å². The number of hydrogen-bond donors (Lipinski definition) is 2. The van der Waals surface area contributed by atoms with Crippen molar-refractivity contribution in [1.82, 2.24) is 0 Å². The quantitative estimate of drug-likeness (QED) is 0.355. The topological polar surface area (TPSA) is 69.1 Å². The first-order valence-electron chi connectivity index (χ1n) is 0.781. The number of carbonyl (C=O) groups excluding carboxylic acids is 1. The van der Waals surface area contributed by atoms with Gasteiger partial charge in [0.25, 0.3) is 0 Å². The van der Waals surface area contributed by atoms with Gasteiger partial charge in [-0.3, -0.25) is 0 Å². The van der Waals surface area contributed by atoms with E-state index in [9.17, 15) is 0 Å². The molecule has 0 unspecified atom stereocenters. The first-order chi connectivity index (χ1) is 1.73. The van der Waals surface area contributed by atoms with E-state index in [-0.39, 0.29) is 72.3 Å². The summed E-state index contributed by atoms with van der Waals surface area (Å²) in [5, 5.41) is 0. The van der Waals surface area contributed by atoms with Gasteiger partial charge in [-0.05, 0) is 0 Å². The molecule has 6 heavy (non-hydrogen) atoms. The van der Waals surface area contributed by atoms with Crippen molar-refractivity contribution in [3.05, 3.63) is 0 Å². The Balaban J connectivity index is -0.0000000150. The maximum atomic E-state index is 9.00. The number of carbonyl (C=O) groups is 1. The molecular weight excluding hydrogens is 161 g/mol. The van der Waals surface area contributed by atoms with Crippen LogP contribution in [0.15, 0.2) is 0 Å². The van der Waals surface area contributed by atoms with E-state index in [2.05, 4.69) is 11.5 Å². The molecule has 0 aromatic carbocycles. The van der Waals surface area contributed by atoms with E-state index in [1.165, 1.54) is 0 Å². The van der Waals surface area contributed by atoms with Crippen LogP contribution >= 0.6 is 0 Å². The van der Waals surface area contributed by atoms with E-state index in [1.807, 2.05) is 0 Å². The van der Waals surface area contributed by atoms with Crippen molar-refractivity contribution in [2.24, 2.45) is 11.5 Å². The maximum absolute atomic E-state index is 9.00. The standard InChI is InChI=1S/CH4N2O.K.Zn.H/c2-1(3)4;;;/h(H4,2,3,4);;;/q;+1;;-1. The normalized spacial score (nSPS) is 4.00. The minimum atomic E-state index is -0.833. The van der Waals surface area contributed by atoms with Crippen molar-refractivity contribution >= 4 is 6.03 Å². The van der Waals surface area contributed by atoms with E-state index >= 15 is 0 Å². The van der Waals surface area contributed by atoms with Crippen molar-refractivity contribution < 1.29 is 77.1 Å². The van der Waals surface area contributed by atoms with Crippen LogP contribution in [0.4, 0.5) is 4.79 Å². The molecule has 0 spiro atoms. The Bertz CT molecular complexity index is 40.7. The van der Waals surface area contributed by atoms with Gasteiger partial charge in [0, 0.05) is 19.5 Å². The van der Waals surface area contributed by atoms with Crippen LogP contribution in [0.3, 0.4) is 0 Å². The van der Waals surface area contributed by atoms with E-state index in [4.69, 9.17) is 4.79 Å². The molecule has 2 amide bonds. The molecule has 0 aromatic rings. The van der Waals surface area contributed by atoms with Crippen LogP contribution in [0.1, 0.15) is 1.43 Å². The molecule has 5 heteroatoms. The van der Waals surface area contributed by atoms with Crippen LogP contribution in [-0.2, 0) is 19.5 Å². The molecule has 4 N–H and O–H groups in total. The summed E-state index contributed by atoms with van der Waals surface area (Å²) in [5.74, 6) is 0. The van der Waals surface area contributed by atoms with Gasteiger partial charge in [0.05, 0.1) is 0 Å². The smallest absolute Gasteiger partial charge is 1.00 e. The molecular formula is CH5KN2OZn. The average Bonchev–Trinajstić information content (AvgIpc) is 0.811. The Morgan fingerprint density at radius 2 is 1.50 bits per heavy atom. The predicted octanol–water partition coefficient (Wildman–Crippen LogP) is -3.86. The van der Waals surface area contributed by atoms with Crippen molar-refractivity contribution in [2.75, 3.05) is 0 Å². The summed E-state index contributed by atoms with van der Waals surface area (Å²) in [7, 11) is 0. The molecule has 0 fully saturated rings. The number of hydrogen-bond acceptors (Lipinski definition) is 1. The molecule has 0 radical (unpaired) electrons. The van der Waals surface area contributed by atoms with Gasteiger partial charge in [-0.2, -0.15) is 0 Å². The summed E-state index contributed by atoms with van der Waals surface area (Å²) in [6.45, 7) is 0. The molecule has 0 aliphatic heterocycles. The average molecular weight is 166 g/mol. The van der Waals surface area contributed by atoms with Gasteiger partial charge in [-0.25, -0.2) is 4.79 Å². The molecule has 0 aliphatic carbocycles. The monoisotopic (exact) mass is 164 g/mol. The van der Waals surface area contributed by atoms with Crippen LogP contribution in [0, 0.1) is 0 Å². The number of urea groups is 1. The molecule has 0 atom stereocenters. The number of primary amides is 2. The third-order valence-electron chi connectivity index (χ3n) is 0. The van der Waals surface area contributed by atoms with Crippen molar-refractivity contribution in [2.45, 2.75) is 0 Å². The Labute approximate surface area is 92.9 Å². The fourth-order valence-corrected chi connectivity index (χ4v) is 0. The Hall–Kier alpha value is 1.53. The summed E-state index contributed by atoms with van der Waals surface area (Å²) >= 11 is 0. The number of nitrogens with two attached hydrogens (primary N) is 2. The third kappa shape index (κ3) is 48.5. The number of rotatable bonds is 0. The van der Waals surface area contributed by atoms with Gasteiger partial charge in [0.2, 0.25) is 0 Å². The Morgan fingerprint density at radius 3 is 1.50 bits per heavy atom. The second-order valence-electron chi connectivity index (χ2n) is 0.402. The van der Waals surface area contributed by atoms with Gasteiger partial charge in [0.15, 0.2) is 0 Å². The fourth-order valence-electron chi connectivity index (χ4n) is 0. The summed E-state index contributed by atoms with van der Waals surface area (Å²) in [6.07, 6.45) is 0. The zero-order valence-corrected chi connectivity index (χ0v) is 9.86. The summed E-state index contributed by atoms with van der Waals surface area (Å²) < 4.78 is 0. The minimum absolute atomic E-state index is 0. The van der Waals surface area contributed by atoms with Crippen LogP contribution in [0.5, 0.6) is 0 Å². The molecule has 28 valence electrons. The molecule has 0 aliphatic rings. The predicted molar refractivity (Wildman–Crippen MR) is 14.9 cm³/mol.